The summed E-state index contributed by atoms with van der Waals surface area (Å²) in [6.45, 7) is 4.25. The molecule has 0 radical (unpaired) electrons. The van der Waals surface area contributed by atoms with Crippen molar-refractivity contribution in [3.63, 3.8) is 0 Å². The highest BCUT2D eigenvalue weighted by Gasteiger charge is 2.23. The molecule has 1 saturated carbocycles. The fraction of sp³-hybridized carbons (Fsp3) is 0.538. The zero-order valence-corrected chi connectivity index (χ0v) is 11.2. The summed E-state index contributed by atoms with van der Waals surface area (Å²) in [6.07, 6.45) is 3.83. The average Bonchev–Trinajstić information content (AvgIpc) is 2.61. The van der Waals surface area contributed by atoms with Crippen LogP contribution in [0.4, 0.5) is 5.69 Å². The molecule has 1 fully saturated rings. The quantitative estimate of drug-likeness (QED) is 0.795. The first kappa shape index (κ1) is 12.1. The number of anilines is 1. The fourth-order valence-electron chi connectivity index (χ4n) is 2.32. The lowest BCUT2D eigenvalue weighted by Gasteiger charge is -2.20. The van der Waals surface area contributed by atoms with Crippen LogP contribution in [0.1, 0.15) is 31.7 Å². The number of hydrogen-bond acceptors (Lipinski definition) is 1. The Balaban J connectivity index is 2.18. The van der Waals surface area contributed by atoms with E-state index in [-0.39, 0.29) is 0 Å². The molecule has 2 rings (SSSR count). The van der Waals surface area contributed by atoms with Gasteiger partial charge < -0.3 is 5.32 Å². The number of hydrogen-bond donors (Lipinski definition) is 1. The van der Waals surface area contributed by atoms with Gasteiger partial charge in [-0.05, 0) is 43.4 Å². The van der Waals surface area contributed by atoms with Crippen molar-refractivity contribution in [3.05, 3.63) is 27.7 Å². The molecular weight excluding hydrogens is 241 g/mol. The van der Waals surface area contributed by atoms with E-state index in [4.69, 9.17) is 23.2 Å². The molecule has 16 heavy (non-hydrogen) atoms. The van der Waals surface area contributed by atoms with E-state index in [0.29, 0.717) is 6.04 Å². The summed E-state index contributed by atoms with van der Waals surface area (Å²) in [5.74, 6) is 0.719. The fourth-order valence-corrected chi connectivity index (χ4v) is 2.75. The third kappa shape index (κ3) is 2.46. The highest BCUT2D eigenvalue weighted by atomic mass is 35.5. The molecule has 0 aromatic heterocycles. The van der Waals surface area contributed by atoms with E-state index in [0.717, 1.165) is 27.2 Å². The van der Waals surface area contributed by atoms with Gasteiger partial charge in [-0.15, -0.1) is 0 Å². The second kappa shape index (κ2) is 4.85. The first-order valence-electron chi connectivity index (χ1n) is 5.80. The molecule has 1 N–H and O–H groups in total. The summed E-state index contributed by atoms with van der Waals surface area (Å²) in [4.78, 5) is 0. The molecule has 0 saturated heterocycles. The van der Waals surface area contributed by atoms with Gasteiger partial charge in [0.05, 0.1) is 10.7 Å². The molecule has 0 spiro atoms. The molecule has 0 aliphatic heterocycles. The molecule has 3 heteroatoms. The Morgan fingerprint density at radius 1 is 1.19 bits per heavy atom. The van der Waals surface area contributed by atoms with Crippen LogP contribution < -0.4 is 5.32 Å². The Hall–Kier alpha value is -0.400. The molecule has 2 atom stereocenters. The molecule has 1 aromatic rings. The van der Waals surface area contributed by atoms with Crippen molar-refractivity contribution in [2.24, 2.45) is 5.92 Å². The van der Waals surface area contributed by atoms with E-state index in [2.05, 4.69) is 12.2 Å². The van der Waals surface area contributed by atoms with Gasteiger partial charge in [0.15, 0.2) is 0 Å². The molecule has 1 aliphatic carbocycles. The lowest BCUT2D eigenvalue weighted by atomic mass is 10.1. The van der Waals surface area contributed by atoms with Crippen LogP contribution in [0.5, 0.6) is 0 Å². The topological polar surface area (TPSA) is 12.0 Å². The molecule has 88 valence electrons. The summed E-state index contributed by atoms with van der Waals surface area (Å²) >= 11 is 12.3. The third-order valence-corrected chi connectivity index (χ3v) is 4.17. The van der Waals surface area contributed by atoms with E-state index in [1.54, 1.807) is 0 Å². The molecule has 0 amide bonds. The Morgan fingerprint density at radius 2 is 1.94 bits per heavy atom. The zero-order valence-electron chi connectivity index (χ0n) is 9.69. The normalized spacial score (nSPS) is 24.8. The SMILES string of the molecule is Cc1cc(Cl)c(NC2CCCC2C)cc1Cl. The smallest absolute Gasteiger partial charge is 0.0641 e. The summed E-state index contributed by atoms with van der Waals surface area (Å²) in [6, 6.07) is 4.40. The van der Waals surface area contributed by atoms with Crippen molar-refractivity contribution < 1.29 is 0 Å². The number of benzene rings is 1. The van der Waals surface area contributed by atoms with Gasteiger partial charge in [-0.3, -0.25) is 0 Å². The van der Waals surface area contributed by atoms with Crippen molar-refractivity contribution in [2.45, 2.75) is 39.2 Å². The van der Waals surface area contributed by atoms with E-state index < -0.39 is 0 Å². The monoisotopic (exact) mass is 257 g/mol. The van der Waals surface area contributed by atoms with Gasteiger partial charge in [-0.1, -0.05) is 36.5 Å². The number of nitrogens with one attached hydrogen (secondary N) is 1. The van der Waals surface area contributed by atoms with Crippen molar-refractivity contribution in [3.8, 4) is 0 Å². The lowest BCUT2D eigenvalue weighted by Crippen LogP contribution is -2.21. The predicted molar refractivity (Wildman–Crippen MR) is 71.6 cm³/mol. The van der Waals surface area contributed by atoms with Crippen molar-refractivity contribution in [2.75, 3.05) is 5.32 Å². The van der Waals surface area contributed by atoms with Crippen molar-refractivity contribution >= 4 is 28.9 Å². The molecule has 0 bridgehead atoms. The highest BCUT2D eigenvalue weighted by Crippen LogP contribution is 2.33. The van der Waals surface area contributed by atoms with Crippen LogP contribution in [0, 0.1) is 12.8 Å². The summed E-state index contributed by atoms with van der Waals surface area (Å²) < 4.78 is 0. The number of aryl methyl sites for hydroxylation is 1. The van der Waals surface area contributed by atoms with E-state index >= 15 is 0 Å². The van der Waals surface area contributed by atoms with Gasteiger partial charge in [0, 0.05) is 11.1 Å². The Bertz CT molecular complexity index is 390. The van der Waals surface area contributed by atoms with Gasteiger partial charge >= 0.3 is 0 Å². The Morgan fingerprint density at radius 3 is 2.56 bits per heavy atom. The standard InChI is InChI=1S/C13H17Cl2N/c1-8-4-3-5-12(8)16-13-7-10(14)9(2)6-11(13)15/h6-8,12,16H,3-5H2,1-2H3. The van der Waals surface area contributed by atoms with E-state index in [1.165, 1.54) is 19.3 Å². The van der Waals surface area contributed by atoms with Crippen LogP contribution in [-0.4, -0.2) is 6.04 Å². The second-order valence-electron chi connectivity index (χ2n) is 4.74. The summed E-state index contributed by atoms with van der Waals surface area (Å²) in [5, 5.41) is 5.05. The minimum absolute atomic E-state index is 0.538. The molecule has 1 aromatic carbocycles. The minimum atomic E-state index is 0.538. The van der Waals surface area contributed by atoms with Crippen LogP contribution in [-0.2, 0) is 0 Å². The van der Waals surface area contributed by atoms with Crippen molar-refractivity contribution in [1.29, 1.82) is 0 Å². The van der Waals surface area contributed by atoms with Crippen LogP contribution >= 0.6 is 23.2 Å². The molecule has 0 heterocycles. The van der Waals surface area contributed by atoms with Gasteiger partial charge in [-0.2, -0.15) is 0 Å². The molecule has 2 unspecified atom stereocenters. The lowest BCUT2D eigenvalue weighted by molar-refractivity contribution is 0.556. The summed E-state index contributed by atoms with van der Waals surface area (Å²) in [5.41, 5.74) is 1.99. The maximum absolute atomic E-state index is 6.21. The van der Waals surface area contributed by atoms with Crippen molar-refractivity contribution in [1.82, 2.24) is 0 Å². The van der Waals surface area contributed by atoms with Gasteiger partial charge in [-0.25, -0.2) is 0 Å². The Kier molecular flexibility index (Phi) is 3.66. The van der Waals surface area contributed by atoms with Crippen LogP contribution in [0.2, 0.25) is 10.0 Å². The first-order chi connectivity index (χ1) is 7.58. The van der Waals surface area contributed by atoms with Gasteiger partial charge in [0.25, 0.3) is 0 Å². The van der Waals surface area contributed by atoms with Gasteiger partial charge in [0.1, 0.15) is 0 Å². The minimum Gasteiger partial charge on any atom is -0.381 e. The second-order valence-corrected chi connectivity index (χ2v) is 5.55. The summed E-state index contributed by atoms with van der Waals surface area (Å²) in [7, 11) is 0. The third-order valence-electron chi connectivity index (χ3n) is 3.45. The zero-order chi connectivity index (χ0) is 11.7. The molecule has 1 nitrogen and oxygen atoms in total. The van der Waals surface area contributed by atoms with Crippen LogP contribution in [0.25, 0.3) is 0 Å². The maximum Gasteiger partial charge on any atom is 0.0641 e. The van der Waals surface area contributed by atoms with Gasteiger partial charge in [0.2, 0.25) is 0 Å². The first-order valence-corrected chi connectivity index (χ1v) is 6.55. The van der Waals surface area contributed by atoms with E-state index in [9.17, 15) is 0 Å². The van der Waals surface area contributed by atoms with Crippen LogP contribution in [0.3, 0.4) is 0 Å². The largest absolute Gasteiger partial charge is 0.381 e. The molecule has 1 aliphatic rings. The Labute approximate surface area is 107 Å². The molecular formula is C13H17Cl2N. The number of halogens is 2. The predicted octanol–water partition coefficient (Wildman–Crippen LogP) is 4.90. The number of rotatable bonds is 2. The van der Waals surface area contributed by atoms with Crippen LogP contribution in [0.15, 0.2) is 12.1 Å². The highest BCUT2D eigenvalue weighted by molar-refractivity contribution is 6.35. The average molecular weight is 258 g/mol. The van der Waals surface area contributed by atoms with E-state index in [1.807, 2.05) is 19.1 Å². The maximum atomic E-state index is 6.21.